The van der Waals surface area contributed by atoms with Crippen molar-refractivity contribution in [3.8, 4) is 0 Å². The molecule has 8 nitrogen and oxygen atoms in total. The molecule has 0 radical (unpaired) electrons. The smallest absolute Gasteiger partial charge is 0.223 e. The molecule has 27 heavy (non-hydrogen) atoms. The van der Waals surface area contributed by atoms with Crippen LogP contribution in [0, 0.1) is 0 Å². The molecule has 0 amide bonds. The minimum Gasteiger partial charge on any atom is -0.394 e. The molecule has 1 aromatic carbocycles. The van der Waals surface area contributed by atoms with Gasteiger partial charge in [0.15, 0.2) is 0 Å². The first-order chi connectivity index (χ1) is 13.2. The van der Waals surface area contributed by atoms with E-state index in [2.05, 4.69) is 37.2 Å². The summed E-state index contributed by atoms with van der Waals surface area (Å²) in [5, 5.41) is 12.9. The number of benzene rings is 1. The first-order valence-electron chi connectivity index (χ1n) is 9.45. The maximum absolute atomic E-state index is 9.56. The molecule has 0 saturated carbocycles. The lowest BCUT2D eigenvalue weighted by molar-refractivity contribution is 0.122. The summed E-state index contributed by atoms with van der Waals surface area (Å²) >= 11 is 0. The highest BCUT2D eigenvalue weighted by molar-refractivity contribution is 5.64. The van der Waals surface area contributed by atoms with Gasteiger partial charge in [-0.05, 0) is 37.1 Å². The highest BCUT2D eigenvalue weighted by Gasteiger charge is 2.25. The van der Waals surface area contributed by atoms with Gasteiger partial charge in [-0.2, -0.15) is 9.97 Å². The largest absolute Gasteiger partial charge is 0.394 e. The second-order valence-electron chi connectivity index (χ2n) is 6.91. The Labute approximate surface area is 159 Å². The molecule has 0 bridgehead atoms. The topological polar surface area (TPSA) is 99.8 Å². The summed E-state index contributed by atoms with van der Waals surface area (Å²) in [5.74, 6) is 1.63. The molecule has 8 heteroatoms. The van der Waals surface area contributed by atoms with Gasteiger partial charge in [-0.1, -0.05) is 0 Å². The van der Waals surface area contributed by atoms with Gasteiger partial charge in [0.05, 0.1) is 25.9 Å². The van der Waals surface area contributed by atoms with Crippen molar-refractivity contribution in [2.24, 2.45) is 0 Å². The number of anilines is 5. The SMILES string of the molecule is Nc1nc(Nc2ccc(N3CCOCC3)cc2)cc(N2CCCC2CO)n1. The molecule has 144 valence electrons. The first-order valence-corrected chi connectivity index (χ1v) is 9.45. The normalized spacial score (nSPS) is 20.1. The second-order valence-corrected chi connectivity index (χ2v) is 6.91. The number of nitrogens with one attached hydrogen (secondary N) is 1. The summed E-state index contributed by atoms with van der Waals surface area (Å²) in [6.07, 6.45) is 2.01. The van der Waals surface area contributed by atoms with E-state index in [0.29, 0.717) is 5.82 Å². The summed E-state index contributed by atoms with van der Waals surface area (Å²) < 4.78 is 5.40. The third-order valence-electron chi connectivity index (χ3n) is 5.13. The fraction of sp³-hybridized carbons (Fsp3) is 0.474. The maximum Gasteiger partial charge on any atom is 0.223 e. The van der Waals surface area contributed by atoms with Crippen molar-refractivity contribution < 1.29 is 9.84 Å². The lowest BCUT2D eigenvalue weighted by atomic mass is 10.2. The molecule has 1 aromatic heterocycles. The standard InChI is InChI=1S/C19H26N6O2/c20-19-22-17(12-18(23-19)25-7-1-2-16(25)13-26)21-14-3-5-15(6-4-14)24-8-10-27-11-9-24/h3-6,12,16,26H,1-2,7-11,13H2,(H3,20,21,22,23). The number of aromatic nitrogens is 2. The molecule has 2 saturated heterocycles. The van der Waals surface area contributed by atoms with E-state index in [4.69, 9.17) is 10.5 Å². The van der Waals surface area contributed by atoms with E-state index in [1.807, 2.05) is 18.2 Å². The van der Waals surface area contributed by atoms with Crippen LogP contribution in [0.5, 0.6) is 0 Å². The summed E-state index contributed by atoms with van der Waals surface area (Å²) in [6, 6.07) is 10.3. The van der Waals surface area contributed by atoms with Crippen molar-refractivity contribution in [3.63, 3.8) is 0 Å². The molecule has 2 aliphatic heterocycles. The molecule has 4 N–H and O–H groups in total. The van der Waals surface area contributed by atoms with Gasteiger partial charge in [-0.15, -0.1) is 0 Å². The summed E-state index contributed by atoms with van der Waals surface area (Å²) in [5.41, 5.74) is 8.05. The monoisotopic (exact) mass is 370 g/mol. The number of aliphatic hydroxyl groups is 1. The Hall–Kier alpha value is -2.58. The van der Waals surface area contributed by atoms with Crippen LogP contribution in [0.3, 0.4) is 0 Å². The number of ether oxygens (including phenoxy) is 1. The average molecular weight is 370 g/mol. The van der Waals surface area contributed by atoms with E-state index in [9.17, 15) is 5.11 Å². The Balaban J connectivity index is 1.49. The Morgan fingerprint density at radius 2 is 1.93 bits per heavy atom. The molecular weight excluding hydrogens is 344 g/mol. The predicted octanol–water partition coefficient (Wildman–Crippen LogP) is 1.60. The van der Waals surface area contributed by atoms with E-state index < -0.39 is 0 Å². The summed E-state index contributed by atoms with van der Waals surface area (Å²) in [4.78, 5) is 13.1. The van der Waals surface area contributed by atoms with Crippen molar-refractivity contribution in [1.29, 1.82) is 0 Å². The van der Waals surface area contributed by atoms with Crippen LogP contribution in [0.2, 0.25) is 0 Å². The molecule has 4 rings (SSSR count). The zero-order valence-electron chi connectivity index (χ0n) is 15.3. The van der Waals surface area contributed by atoms with E-state index in [0.717, 1.165) is 57.2 Å². The van der Waals surface area contributed by atoms with Crippen LogP contribution >= 0.6 is 0 Å². The van der Waals surface area contributed by atoms with Crippen molar-refractivity contribution in [2.45, 2.75) is 18.9 Å². The average Bonchev–Trinajstić information content (AvgIpc) is 3.18. The third-order valence-corrected chi connectivity index (χ3v) is 5.13. The van der Waals surface area contributed by atoms with Crippen LogP contribution in [0.25, 0.3) is 0 Å². The zero-order chi connectivity index (χ0) is 18.6. The molecular formula is C19H26N6O2. The van der Waals surface area contributed by atoms with Gasteiger partial charge in [-0.25, -0.2) is 0 Å². The Kier molecular flexibility index (Phi) is 5.26. The highest BCUT2D eigenvalue weighted by Crippen LogP contribution is 2.27. The fourth-order valence-corrected chi connectivity index (χ4v) is 3.72. The van der Waals surface area contributed by atoms with Crippen LogP contribution in [-0.4, -0.2) is 60.6 Å². The van der Waals surface area contributed by atoms with Crippen LogP contribution in [0.4, 0.5) is 29.0 Å². The lowest BCUT2D eigenvalue weighted by Gasteiger charge is -2.29. The second kappa shape index (κ2) is 7.98. The molecule has 2 aromatic rings. The number of aliphatic hydroxyl groups excluding tert-OH is 1. The Bertz CT molecular complexity index is 763. The van der Waals surface area contributed by atoms with Crippen molar-refractivity contribution in [3.05, 3.63) is 30.3 Å². The third kappa shape index (κ3) is 4.06. The number of hydrogen-bond acceptors (Lipinski definition) is 8. The molecule has 2 fully saturated rings. The van der Waals surface area contributed by atoms with E-state index >= 15 is 0 Å². The van der Waals surface area contributed by atoms with Crippen molar-refractivity contribution in [2.75, 3.05) is 60.3 Å². The number of morpholine rings is 1. The number of nitrogens with two attached hydrogens (primary N) is 1. The van der Waals surface area contributed by atoms with Crippen LogP contribution < -0.4 is 20.9 Å². The van der Waals surface area contributed by atoms with Crippen LogP contribution in [0.15, 0.2) is 30.3 Å². The van der Waals surface area contributed by atoms with E-state index in [1.165, 1.54) is 5.69 Å². The molecule has 0 aliphatic carbocycles. The van der Waals surface area contributed by atoms with Gasteiger partial charge in [0, 0.05) is 37.1 Å². The Morgan fingerprint density at radius 1 is 1.15 bits per heavy atom. The number of hydrogen-bond donors (Lipinski definition) is 3. The molecule has 0 spiro atoms. The predicted molar refractivity (Wildman–Crippen MR) is 107 cm³/mol. The van der Waals surface area contributed by atoms with Crippen LogP contribution in [0.1, 0.15) is 12.8 Å². The van der Waals surface area contributed by atoms with Gasteiger partial charge < -0.3 is 30.7 Å². The minimum absolute atomic E-state index is 0.0972. The van der Waals surface area contributed by atoms with Crippen LogP contribution in [-0.2, 0) is 4.74 Å². The van der Waals surface area contributed by atoms with Gasteiger partial charge in [0.25, 0.3) is 0 Å². The number of nitrogen functional groups attached to an aromatic ring is 1. The van der Waals surface area contributed by atoms with Gasteiger partial charge >= 0.3 is 0 Å². The maximum atomic E-state index is 9.56. The molecule has 2 aliphatic rings. The summed E-state index contributed by atoms with van der Waals surface area (Å²) in [7, 11) is 0. The van der Waals surface area contributed by atoms with Crippen molar-refractivity contribution >= 4 is 29.0 Å². The summed E-state index contributed by atoms with van der Waals surface area (Å²) in [6.45, 7) is 4.37. The molecule has 1 unspecified atom stereocenters. The lowest BCUT2D eigenvalue weighted by Crippen LogP contribution is -2.36. The van der Waals surface area contributed by atoms with Gasteiger partial charge in [0.1, 0.15) is 11.6 Å². The minimum atomic E-state index is 0.0972. The number of nitrogens with zero attached hydrogens (tertiary/aromatic N) is 4. The van der Waals surface area contributed by atoms with E-state index in [1.54, 1.807) is 0 Å². The first kappa shape index (κ1) is 17.8. The molecule has 1 atom stereocenters. The Morgan fingerprint density at radius 3 is 2.67 bits per heavy atom. The van der Waals surface area contributed by atoms with Crippen molar-refractivity contribution in [1.82, 2.24) is 9.97 Å². The number of rotatable bonds is 5. The quantitative estimate of drug-likeness (QED) is 0.730. The zero-order valence-corrected chi connectivity index (χ0v) is 15.3. The van der Waals surface area contributed by atoms with Gasteiger partial charge in [-0.3, -0.25) is 0 Å². The fourth-order valence-electron chi connectivity index (χ4n) is 3.72. The highest BCUT2D eigenvalue weighted by atomic mass is 16.5. The van der Waals surface area contributed by atoms with Gasteiger partial charge in [0.2, 0.25) is 5.95 Å². The molecule has 3 heterocycles. The van der Waals surface area contributed by atoms with E-state index in [-0.39, 0.29) is 18.6 Å².